The predicted molar refractivity (Wildman–Crippen MR) is 205 cm³/mol. The second-order valence-corrected chi connectivity index (χ2v) is 15.5. The molecule has 3 heterocycles. The number of hydrogen-bond acceptors (Lipinski definition) is 7. The Kier molecular flexibility index (Phi) is 17.2. The molecule has 0 saturated heterocycles. The largest absolute Gasteiger partial charge is 0.379 e. The van der Waals surface area contributed by atoms with E-state index in [0.29, 0.717) is 11.8 Å². The number of nitrogens with one attached hydrogen (secondary N) is 1. The summed E-state index contributed by atoms with van der Waals surface area (Å²) >= 11 is 7.07. The van der Waals surface area contributed by atoms with Crippen LogP contribution in [0.5, 0.6) is 0 Å². The van der Waals surface area contributed by atoms with Crippen LogP contribution in [0.1, 0.15) is 122 Å². The van der Waals surface area contributed by atoms with Crippen molar-refractivity contribution in [2.75, 3.05) is 11.5 Å². The third-order valence-corrected chi connectivity index (χ3v) is 11.6. The molecule has 4 nitrogen and oxygen atoms in total. The van der Waals surface area contributed by atoms with Crippen LogP contribution < -0.4 is 11.5 Å². The van der Waals surface area contributed by atoms with Crippen molar-refractivity contribution >= 4 is 56.5 Å². The summed E-state index contributed by atoms with van der Waals surface area (Å²) in [5, 5.41) is 8.21. The van der Waals surface area contributed by atoms with Gasteiger partial charge >= 0.3 is 0 Å². The van der Waals surface area contributed by atoms with Crippen molar-refractivity contribution in [2.45, 2.75) is 118 Å². The van der Waals surface area contributed by atoms with Crippen LogP contribution in [0, 0.1) is 19.3 Å². The van der Waals surface area contributed by atoms with E-state index in [0.717, 1.165) is 42.4 Å². The molecule has 0 fully saturated rings. The summed E-state index contributed by atoms with van der Waals surface area (Å²) in [6, 6.07) is 15.6. The summed E-state index contributed by atoms with van der Waals surface area (Å²) in [6.07, 6.45) is 8.39. The Morgan fingerprint density at radius 2 is 1.66 bits per heavy atom. The molecular formula is C36H56N4S4. The maximum Gasteiger partial charge on any atom is 0.154 e. The summed E-state index contributed by atoms with van der Waals surface area (Å²) in [5.41, 5.74) is 15.8. The average molecular weight is 673 g/mol. The fourth-order valence-electron chi connectivity index (χ4n) is 6.25. The standard InChI is InChI=1S/C18H20N2S2.C12H18N2S2.3C2H6/c1-12-9-15-16(22-12)10-14(13-5-3-2-4-6-13)11-18(15)7-8-21-17(19)20-18;1-8-7-10-9(5-6-15-12(13)14)3-2-4-11(10)16-8;3*1-2/h2-6,9,14H,7-8,10-11H2,1H3,(H2,19,20);7,9H,2-6H2,1H3,(H3,13,14);3*1-2H3. The van der Waals surface area contributed by atoms with Gasteiger partial charge in [-0.2, -0.15) is 0 Å². The number of aryl methyl sites for hydroxylation is 3. The first-order chi connectivity index (χ1) is 21.3. The molecule has 0 saturated carbocycles. The van der Waals surface area contributed by atoms with Crippen molar-refractivity contribution in [3.63, 3.8) is 0 Å². The minimum absolute atomic E-state index is 0.0891. The number of nitrogens with two attached hydrogens (primary N) is 2. The van der Waals surface area contributed by atoms with Crippen LogP contribution in [-0.2, 0) is 18.4 Å². The zero-order valence-electron chi connectivity index (χ0n) is 28.3. The maximum absolute atomic E-state index is 7.20. The lowest BCUT2D eigenvalue weighted by Crippen LogP contribution is -2.36. The third-order valence-electron chi connectivity index (χ3n) is 7.90. The smallest absolute Gasteiger partial charge is 0.154 e. The fourth-order valence-corrected chi connectivity index (χ4v) is 10.1. The Hall–Kier alpha value is -1.74. The van der Waals surface area contributed by atoms with Crippen LogP contribution in [0.2, 0.25) is 0 Å². The van der Waals surface area contributed by atoms with Crippen LogP contribution in [0.3, 0.4) is 0 Å². The van der Waals surface area contributed by atoms with Crippen LogP contribution in [0.25, 0.3) is 0 Å². The highest BCUT2D eigenvalue weighted by Crippen LogP contribution is 2.51. The molecule has 3 atom stereocenters. The molecule has 6 rings (SSSR count). The first kappa shape index (κ1) is 38.4. The second kappa shape index (κ2) is 19.7. The van der Waals surface area contributed by atoms with E-state index in [2.05, 4.69) is 56.3 Å². The number of thiophene rings is 2. The van der Waals surface area contributed by atoms with Gasteiger partial charge in [0, 0.05) is 31.0 Å². The summed E-state index contributed by atoms with van der Waals surface area (Å²) < 4.78 is 0. The van der Waals surface area contributed by atoms with E-state index in [-0.39, 0.29) is 10.7 Å². The van der Waals surface area contributed by atoms with Gasteiger partial charge in [-0.15, -0.1) is 22.7 Å². The van der Waals surface area contributed by atoms with Crippen molar-refractivity contribution in [3.8, 4) is 0 Å². The Balaban J connectivity index is 0.000000272. The molecule has 3 unspecified atom stereocenters. The Morgan fingerprint density at radius 3 is 2.32 bits per heavy atom. The molecule has 1 aromatic carbocycles. The number of amidine groups is 2. The van der Waals surface area contributed by atoms with Crippen LogP contribution in [0.4, 0.5) is 0 Å². The van der Waals surface area contributed by atoms with Gasteiger partial charge in [-0.1, -0.05) is 95.4 Å². The van der Waals surface area contributed by atoms with E-state index in [9.17, 15) is 0 Å². The molecule has 44 heavy (non-hydrogen) atoms. The summed E-state index contributed by atoms with van der Waals surface area (Å²) in [5.74, 6) is 3.31. The number of nitrogens with zero attached hydrogens (tertiary/aromatic N) is 1. The second-order valence-electron chi connectivity index (χ2n) is 10.6. The van der Waals surface area contributed by atoms with Gasteiger partial charge in [0.05, 0.1) is 5.54 Å². The van der Waals surface area contributed by atoms with Gasteiger partial charge in [-0.3, -0.25) is 10.4 Å². The summed E-state index contributed by atoms with van der Waals surface area (Å²) in [6.45, 7) is 16.4. The van der Waals surface area contributed by atoms with Crippen molar-refractivity contribution in [3.05, 3.63) is 78.7 Å². The monoisotopic (exact) mass is 672 g/mol. The Bertz CT molecular complexity index is 1300. The molecule has 5 N–H and O–H groups in total. The zero-order valence-corrected chi connectivity index (χ0v) is 31.6. The van der Waals surface area contributed by atoms with Crippen molar-refractivity contribution < 1.29 is 0 Å². The maximum atomic E-state index is 7.20. The van der Waals surface area contributed by atoms with E-state index >= 15 is 0 Å². The highest BCUT2D eigenvalue weighted by molar-refractivity contribution is 8.14. The number of fused-ring (bicyclic) bond motifs is 3. The first-order valence-electron chi connectivity index (χ1n) is 16.5. The van der Waals surface area contributed by atoms with Crippen molar-refractivity contribution in [1.82, 2.24) is 0 Å². The van der Waals surface area contributed by atoms with Gasteiger partial charge in [-0.25, -0.2) is 0 Å². The third kappa shape index (κ3) is 10.4. The number of benzene rings is 1. The zero-order chi connectivity index (χ0) is 32.7. The molecule has 1 spiro atoms. The predicted octanol–water partition coefficient (Wildman–Crippen LogP) is 11.0. The van der Waals surface area contributed by atoms with Gasteiger partial charge in [0.1, 0.15) is 0 Å². The molecule has 3 aliphatic rings. The molecule has 1 aliphatic heterocycles. The van der Waals surface area contributed by atoms with Crippen molar-refractivity contribution in [1.29, 1.82) is 5.41 Å². The van der Waals surface area contributed by atoms with Crippen LogP contribution in [0.15, 0.2) is 47.5 Å². The lowest BCUT2D eigenvalue weighted by atomic mass is 9.71. The highest BCUT2D eigenvalue weighted by Gasteiger charge is 2.43. The molecule has 8 heteroatoms. The lowest BCUT2D eigenvalue weighted by Gasteiger charge is -2.40. The molecule has 0 bridgehead atoms. The van der Waals surface area contributed by atoms with Gasteiger partial charge in [-0.05, 0) is 99.5 Å². The Morgan fingerprint density at radius 1 is 1.00 bits per heavy atom. The van der Waals surface area contributed by atoms with Gasteiger partial charge in [0.25, 0.3) is 0 Å². The number of thioether (sulfide) groups is 2. The lowest BCUT2D eigenvalue weighted by molar-refractivity contribution is 0.338. The van der Waals surface area contributed by atoms with E-state index in [1.807, 2.05) is 64.2 Å². The fraction of sp³-hybridized carbons (Fsp3) is 0.556. The summed E-state index contributed by atoms with van der Waals surface area (Å²) in [7, 11) is 0. The van der Waals surface area contributed by atoms with Crippen molar-refractivity contribution in [2.24, 2.45) is 16.5 Å². The molecule has 3 aromatic rings. The minimum atomic E-state index is -0.0891. The SMILES string of the molecule is CC.CC.CC.Cc1cc2c(s1)CC(c1ccccc1)CC21CCSC(N)=N1.Cc1cc2c(s1)CCCC2CCSC(=N)N. The number of hydrogen-bond donors (Lipinski definition) is 3. The normalized spacial score (nSPS) is 21.2. The molecule has 0 amide bonds. The van der Waals surface area contributed by atoms with E-state index in [1.165, 1.54) is 56.8 Å². The van der Waals surface area contributed by atoms with E-state index < -0.39 is 0 Å². The highest BCUT2D eigenvalue weighted by atomic mass is 32.2. The molecule has 0 radical (unpaired) electrons. The average Bonchev–Trinajstić information content (AvgIpc) is 3.63. The van der Waals surface area contributed by atoms with E-state index in [1.54, 1.807) is 22.2 Å². The minimum Gasteiger partial charge on any atom is -0.379 e. The molecule has 2 aromatic heterocycles. The van der Waals surface area contributed by atoms with Gasteiger partial charge in [0.15, 0.2) is 10.3 Å². The van der Waals surface area contributed by atoms with Crippen LogP contribution in [-0.4, -0.2) is 21.8 Å². The Labute approximate surface area is 284 Å². The molecule has 244 valence electrons. The topological polar surface area (TPSA) is 88.2 Å². The van der Waals surface area contributed by atoms with Gasteiger partial charge in [0.2, 0.25) is 0 Å². The first-order valence-corrected chi connectivity index (χ1v) is 20.1. The molecular weight excluding hydrogens is 617 g/mol. The van der Waals surface area contributed by atoms with E-state index in [4.69, 9.17) is 21.9 Å². The molecule has 2 aliphatic carbocycles. The number of rotatable bonds is 4. The van der Waals surface area contributed by atoms with Gasteiger partial charge < -0.3 is 11.5 Å². The van der Waals surface area contributed by atoms with Crippen LogP contribution >= 0.6 is 46.2 Å². The quantitative estimate of drug-likeness (QED) is 0.190. The number of aliphatic imine (C=N–C) groups is 1. The summed E-state index contributed by atoms with van der Waals surface area (Å²) in [4.78, 5) is 10.9.